The molecule has 3 heterocycles. The first-order chi connectivity index (χ1) is 9.40. The number of carboxylic acid groups (broad SMARTS) is 1. The third-order valence-electron chi connectivity index (χ3n) is 3.57. The Hall–Kier alpha value is -2.37. The van der Waals surface area contributed by atoms with Gasteiger partial charge in [-0.3, -0.25) is 0 Å². The molecule has 3 N–H and O–H groups in total. The summed E-state index contributed by atoms with van der Waals surface area (Å²) in [7, 11) is 0. The Balaban J connectivity index is 2.40. The second-order valence-electron chi connectivity index (χ2n) is 5.53. The summed E-state index contributed by atoms with van der Waals surface area (Å²) in [5.74, 6) is -1.61. The van der Waals surface area contributed by atoms with Gasteiger partial charge in [0.2, 0.25) is 5.95 Å². The van der Waals surface area contributed by atoms with Crippen LogP contribution in [0.1, 0.15) is 25.1 Å². The molecule has 0 spiro atoms. The molecule has 0 aromatic carbocycles. The Kier molecular flexibility index (Phi) is 2.57. The molecule has 6 heteroatoms. The van der Waals surface area contributed by atoms with Gasteiger partial charge in [0.25, 0.3) is 0 Å². The summed E-state index contributed by atoms with van der Waals surface area (Å²) in [4.78, 5) is 18.4. The predicted octanol–water partition coefficient (Wildman–Crippen LogP) is 2.01. The number of carbonyl (C=O) groups is 1. The highest BCUT2D eigenvalue weighted by Crippen LogP contribution is 2.37. The van der Waals surface area contributed by atoms with Crippen molar-refractivity contribution >= 4 is 22.6 Å². The Labute approximate surface area is 114 Å². The van der Waals surface area contributed by atoms with Crippen LogP contribution in [0.4, 0.5) is 4.39 Å². The van der Waals surface area contributed by atoms with E-state index in [0.717, 1.165) is 5.56 Å². The van der Waals surface area contributed by atoms with Gasteiger partial charge in [-0.25, -0.2) is 9.78 Å². The average Bonchev–Trinajstić information content (AvgIpc) is 2.66. The number of nitrogens with zero attached hydrogens (tertiary/aromatic N) is 1. The number of nitrogens with one attached hydrogen (secondary N) is 2. The normalized spacial score (nSPS) is 17.1. The van der Waals surface area contributed by atoms with Crippen molar-refractivity contribution in [3.05, 3.63) is 35.5 Å². The minimum Gasteiger partial charge on any atom is -0.478 e. The lowest BCUT2D eigenvalue weighted by Gasteiger charge is -2.23. The van der Waals surface area contributed by atoms with E-state index in [1.54, 1.807) is 6.07 Å². The van der Waals surface area contributed by atoms with Gasteiger partial charge in [0, 0.05) is 23.7 Å². The summed E-state index contributed by atoms with van der Waals surface area (Å²) >= 11 is 0. The quantitative estimate of drug-likeness (QED) is 0.696. The first-order valence-corrected chi connectivity index (χ1v) is 6.26. The highest BCUT2D eigenvalue weighted by atomic mass is 19.1. The summed E-state index contributed by atoms with van der Waals surface area (Å²) in [6, 6.07) is 2.84. The second kappa shape index (κ2) is 4.06. The largest absolute Gasteiger partial charge is 0.478 e. The molecule has 104 valence electrons. The molecule has 0 atom stereocenters. The van der Waals surface area contributed by atoms with Crippen LogP contribution in [0.3, 0.4) is 0 Å². The van der Waals surface area contributed by atoms with Crippen LogP contribution in [0.25, 0.3) is 16.6 Å². The van der Waals surface area contributed by atoms with Crippen LogP contribution in [0, 0.1) is 5.95 Å². The van der Waals surface area contributed by atoms with Crippen molar-refractivity contribution in [3.8, 4) is 0 Å². The maximum Gasteiger partial charge on any atom is 0.339 e. The number of H-pyrrole nitrogens is 1. The summed E-state index contributed by atoms with van der Waals surface area (Å²) in [6.07, 6.45) is 1.47. The summed E-state index contributed by atoms with van der Waals surface area (Å²) in [5, 5.41) is 12.3. The van der Waals surface area contributed by atoms with Crippen LogP contribution >= 0.6 is 0 Å². The molecule has 0 bridgehead atoms. The lowest BCUT2D eigenvalue weighted by atomic mass is 9.83. The number of aromatic nitrogens is 2. The molecule has 0 saturated carbocycles. The Morgan fingerprint density at radius 3 is 2.90 bits per heavy atom. The minimum absolute atomic E-state index is 0.129. The fraction of sp³-hybridized carbons (Fsp3) is 0.286. The molecule has 0 saturated heterocycles. The lowest BCUT2D eigenvalue weighted by molar-refractivity contribution is -0.130. The van der Waals surface area contributed by atoms with Crippen LogP contribution in [0.2, 0.25) is 0 Å². The van der Waals surface area contributed by atoms with Crippen molar-refractivity contribution in [2.24, 2.45) is 0 Å². The summed E-state index contributed by atoms with van der Waals surface area (Å²) in [5.41, 5.74) is 2.09. The van der Waals surface area contributed by atoms with E-state index in [2.05, 4.69) is 15.3 Å². The lowest BCUT2D eigenvalue weighted by Crippen LogP contribution is -2.29. The zero-order chi connectivity index (χ0) is 14.5. The first kappa shape index (κ1) is 12.7. The van der Waals surface area contributed by atoms with E-state index in [4.69, 9.17) is 0 Å². The SMILES string of the molecule is CC1(C)CNC=C(C(=O)O)c2[nH]c3ccc(F)nc3c21. The Bertz CT molecular complexity index is 746. The van der Waals surface area contributed by atoms with E-state index in [0.29, 0.717) is 23.3 Å². The number of halogens is 1. The van der Waals surface area contributed by atoms with Crippen LogP contribution in [-0.4, -0.2) is 27.6 Å². The number of aliphatic carboxylic acids is 1. The molecule has 0 radical (unpaired) electrons. The van der Waals surface area contributed by atoms with Gasteiger partial charge in [0.05, 0.1) is 22.3 Å². The smallest absolute Gasteiger partial charge is 0.339 e. The van der Waals surface area contributed by atoms with E-state index in [-0.39, 0.29) is 11.0 Å². The molecule has 2 aromatic rings. The monoisotopic (exact) mass is 275 g/mol. The molecule has 0 fully saturated rings. The number of carboxylic acids is 1. The number of pyridine rings is 1. The van der Waals surface area contributed by atoms with Crippen molar-refractivity contribution in [2.45, 2.75) is 19.3 Å². The first-order valence-electron chi connectivity index (χ1n) is 6.26. The fourth-order valence-corrected chi connectivity index (χ4v) is 2.64. The minimum atomic E-state index is -1.04. The molecule has 0 unspecified atom stereocenters. The maximum absolute atomic E-state index is 13.4. The summed E-state index contributed by atoms with van der Waals surface area (Å²) in [6.45, 7) is 4.48. The van der Waals surface area contributed by atoms with Gasteiger partial charge in [-0.05, 0) is 12.1 Å². The van der Waals surface area contributed by atoms with Crippen LogP contribution in [0.5, 0.6) is 0 Å². The molecule has 1 aliphatic rings. The van der Waals surface area contributed by atoms with Crippen molar-refractivity contribution in [3.63, 3.8) is 0 Å². The standard InChI is InChI=1S/C14H14FN3O2/c1-14(2)6-16-5-7(13(19)20)11-10(14)12-8(17-11)3-4-9(15)18-12/h3-5,16-17H,6H2,1-2H3,(H,19,20). The average molecular weight is 275 g/mol. The molecule has 3 rings (SSSR count). The number of hydrogen-bond donors (Lipinski definition) is 3. The van der Waals surface area contributed by atoms with Gasteiger partial charge in [-0.1, -0.05) is 13.8 Å². The third-order valence-corrected chi connectivity index (χ3v) is 3.57. The van der Waals surface area contributed by atoms with Crippen molar-refractivity contribution in [2.75, 3.05) is 6.54 Å². The van der Waals surface area contributed by atoms with Gasteiger partial charge >= 0.3 is 5.97 Å². The molecule has 5 nitrogen and oxygen atoms in total. The topological polar surface area (TPSA) is 78.0 Å². The number of fused-ring (bicyclic) bond motifs is 3. The zero-order valence-electron chi connectivity index (χ0n) is 11.1. The zero-order valence-corrected chi connectivity index (χ0v) is 11.1. The van der Waals surface area contributed by atoms with E-state index < -0.39 is 11.9 Å². The van der Waals surface area contributed by atoms with E-state index in [1.165, 1.54) is 12.3 Å². The molecule has 20 heavy (non-hydrogen) atoms. The van der Waals surface area contributed by atoms with E-state index >= 15 is 0 Å². The molecular formula is C14H14FN3O2. The number of rotatable bonds is 1. The second-order valence-corrected chi connectivity index (χ2v) is 5.53. The molecule has 0 amide bonds. The van der Waals surface area contributed by atoms with E-state index in [9.17, 15) is 14.3 Å². The van der Waals surface area contributed by atoms with Crippen molar-refractivity contribution in [1.29, 1.82) is 0 Å². The van der Waals surface area contributed by atoms with E-state index in [1.807, 2.05) is 13.8 Å². The van der Waals surface area contributed by atoms with Crippen molar-refractivity contribution in [1.82, 2.24) is 15.3 Å². The van der Waals surface area contributed by atoms with Gasteiger partial charge in [0.15, 0.2) is 0 Å². The van der Waals surface area contributed by atoms with Gasteiger partial charge in [0.1, 0.15) is 0 Å². The fourth-order valence-electron chi connectivity index (χ4n) is 2.64. The van der Waals surface area contributed by atoms with Crippen LogP contribution in [-0.2, 0) is 10.2 Å². The van der Waals surface area contributed by atoms with Crippen molar-refractivity contribution < 1.29 is 14.3 Å². The maximum atomic E-state index is 13.4. The van der Waals surface area contributed by atoms with Gasteiger partial charge < -0.3 is 15.4 Å². The summed E-state index contributed by atoms with van der Waals surface area (Å²) < 4.78 is 13.4. The van der Waals surface area contributed by atoms with Crippen LogP contribution < -0.4 is 5.32 Å². The highest BCUT2D eigenvalue weighted by Gasteiger charge is 2.33. The molecule has 0 aliphatic carbocycles. The molecular weight excluding hydrogens is 261 g/mol. The Morgan fingerprint density at radius 1 is 1.45 bits per heavy atom. The Morgan fingerprint density at radius 2 is 2.20 bits per heavy atom. The predicted molar refractivity (Wildman–Crippen MR) is 72.7 cm³/mol. The highest BCUT2D eigenvalue weighted by molar-refractivity contribution is 6.16. The van der Waals surface area contributed by atoms with Gasteiger partial charge in [-0.15, -0.1) is 0 Å². The third kappa shape index (κ3) is 1.76. The molecule has 2 aromatic heterocycles. The van der Waals surface area contributed by atoms with Gasteiger partial charge in [-0.2, -0.15) is 4.39 Å². The number of aromatic amines is 1. The molecule has 1 aliphatic heterocycles. The van der Waals surface area contributed by atoms with Crippen LogP contribution in [0.15, 0.2) is 18.3 Å². The number of hydrogen-bond acceptors (Lipinski definition) is 3.